The van der Waals surface area contributed by atoms with Crippen LogP contribution >= 0.6 is 11.3 Å². The molecule has 3 heterocycles. The number of nitrogens with zero attached hydrogens (tertiary/aromatic N) is 2. The quantitative estimate of drug-likeness (QED) is 0.676. The second-order valence-corrected chi connectivity index (χ2v) is 7.70. The van der Waals surface area contributed by atoms with Gasteiger partial charge in [0.2, 0.25) is 5.91 Å². The number of aromatic nitrogens is 1. The average Bonchev–Trinajstić information content (AvgIpc) is 3.28. The van der Waals surface area contributed by atoms with Crippen molar-refractivity contribution in [2.45, 2.75) is 12.0 Å². The Balaban J connectivity index is 1.80. The zero-order chi connectivity index (χ0) is 20.2. The van der Waals surface area contributed by atoms with Gasteiger partial charge in [-0.05, 0) is 35.2 Å². The lowest BCUT2D eigenvalue weighted by Crippen LogP contribution is -2.47. The van der Waals surface area contributed by atoms with Crippen LogP contribution in [0.25, 0.3) is 0 Å². The summed E-state index contributed by atoms with van der Waals surface area (Å²) in [5, 5.41) is 4.88. The van der Waals surface area contributed by atoms with Gasteiger partial charge in [0, 0.05) is 30.3 Å². The van der Waals surface area contributed by atoms with Gasteiger partial charge >= 0.3 is 0 Å². The lowest BCUT2D eigenvalue weighted by atomic mass is 9.81. The van der Waals surface area contributed by atoms with Crippen molar-refractivity contribution >= 4 is 29.0 Å². The first-order valence-electron chi connectivity index (χ1n) is 9.35. The first-order valence-corrected chi connectivity index (χ1v) is 10.2. The fourth-order valence-electron chi connectivity index (χ4n) is 3.73. The summed E-state index contributed by atoms with van der Waals surface area (Å²) < 4.78 is 5.24. The van der Waals surface area contributed by atoms with Crippen LogP contribution in [0.2, 0.25) is 0 Å². The number of benzene rings is 1. The molecule has 2 unspecified atom stereocenters. The normalized spacial score (nSPS) is 18.4. The summed E-state index contributed by atoms with van der Waals surface area (Å²) >= 11 is 1.54. The molecular weight excluding hydrogens is 386 g/mol. The maximum atomic E-state index is 13.4. The second-order valence-electron chi connectivity index (χ2n) is 6.72. The van der Waals surface area contributed by atoms with E-state index < -0.39 is 12.0 Å². The molecule has 0 saturated carbocycles. The lowest BCUT2D eigenvalue weighted by Gasteiger charge is -2.41. The van der Waals surface area contributed by atoms with E-state index in [-0.39, 0.29) is 11.8 Å². The van der Waals surface area contributed by atoms with Crippen LogP contribution in [-0.4, -0.2) is 42.0 Å². The van der Waals surface area contributed by atoms with E-state index in [0.717, 1.165) is 10.4 Å². The van der Waals surface area contributed by atoms with Gasteiger partial charge in [-0.15, -0.1) is 11.3 Å². The maximum Gasteiger partial charge on any atom is 0.254 e. The van der Waals surface area contributed by atoms with Crippen molar-refractivity contribution in [3.05, 3.63) is 82.2 Å². The summed E-state index contributed by atoms with van der Waals surface area (Å²) in [7, 11) is 1.60. The van der Waals surface area contributed by atoms with Crippen molar-refractivity contribution in [2.24, 2.45) is 0 Å². The van der Waals surface area contributed by atoms with E-state index in [4.69, 9.17) is 4.74 Å². The standard InChI is InChI=1S/C22H21N3O3S/c1-28-13-12-25-20(17-9-6-14-29-17)19(15-7-2-3-8-16(15)22(25)27)21(26)24-18-10-4-5-11-23-18/h2-11,14,19-20H,12-13H2,1H3,(H,23,24,26). The fourth-order valence-corrected chi connectivity index (χ4v) is 4.60. The molecule has 2 aromatic heterocycles. The van der Waals surface area contributed by atoms with Gasteiger partial charge in [0.25, 0.3) is 5.91 Å². The molecule has 3 aromatic rings. The molecular formula is C22H21N3O3S. The summed E-state index contributed by atoms with van der Waals surface area (Å²) in [5.74, 6) is -0.343. The van der Waals surface area contributed by atoms with Crippen molar-refractivity contribution in [3.63, 3.8) is 0 Å². The highest BCUT2D eigenvalue weighted by Crippen LogP contribution is 2.44. The van der Waals surface area contributed by atoms with Crippen LogP contribution < -0.4 is 5.32 Å². The minimum atomic E-state index is -0.554. The largest absolute Gasteiger partial charge is 0.383 e. The molecule has 0 radical (unpaired) electrons. The van der Waals surface area contributed by atoms with Gasteiger partial charge in [-0.25, -0.2) is 4.98 Å². The van der Waals surface area contributed by atoms with Crippen molar-refractivity contribution < 1.29 is 14.3 Å². The molecule has 7 heteroatoms. The van der Waals surface area contributed by atoms with E-state index in [1.165, 1.54) is 0 Å². The molecule has 0 fully saturated rings. The molecule has 29 heavy (non-hydrogen) atoms. The molecule has 1 aliphatic heterocycles. The van der Waals surface area contributed by atoms with Crippen molar-refractivity contribution in [1.29, 1.82) is 0 Å². The minimum Gasteiger partial charge on any atom is -0.383 e. The molecule has 0 bridgehead atoms. The Morgan fingerprint density at radius 3 is 2.72 bits per heavy atom. The Hall–Kier alpha value is -3.03. The van der Waals surface area contributed by atoms with Crippen LogP contribution in [0.4, 0.5) is 5.82 Å². The second kappa shape index (κ2) is 8.55. The third-order valence-corrected chi connectivity index (χ3v) is 5.95. The van der Waals surface area contributed by atoms with Crippen LogP contribution in [0.3, 0.4) is 0 Å². The molecule has 0 saturated heterocycles. The van der Waals surface area contributed by atoms with Gasteiger partial charge < -0.3 is 15.0 Å². The molecule has 2 amide bonds. The van der Waals surface area contributed by atoms with Gasteiger partial charge in [-0.3, -0.25) is 9.59 Å². The lowest BCUT2D eigenvalue weighted by molar-refractivity contribution is -0.119. The van der Waals surface area contributed by atoms with E-state index in [1.54, 1.807) is 47.7 Å². The molecule has 148 valence electrons. The number of thiophene rings is 1. The first kappa shape index (κ1) is 19.3. The highest BCUT2D eigenvalue weighted by molar-refractivity contribution is 7.10. The Bertz CT molecular complexity index is 992. The number of amides is 2. The number of nitrogens with one attached hydrogen (secondary N) is 1. The topological polar surface area (TPSA) is 71.5 Å². The number of fused-ring (bicyclic) bond motifs is 1. The third-order valence-electron chi connectivity index (χ3n) is 5.01. The Morgan fingerprint density at radius 1 is 1.17 bits per heavy atom. The number of carbonyl (C=O) groups excluding carboxylic acids is 2. The van der Waals surface area contributed by atoms with Crippen molar-refractivity contribution in [1.82, 2.24) is 9.88 Å². The fraction of sp³-hybridized carbons (Fsp3) is 0.227. The number of carbonyl (C=O) groups is 2. The number of methoxy groups -OCH3 is 1. The molecule has 0 aliphatic carbocycles. The highest BCUT2D eigenvalue weighted by Gasteiger charge is 2.44. The van der Waals surface area contributed by atoms with Crippen LogP contribution in [0.15, 0.2) is 66.2 Å². The van der Waals surface area contributed by atoms with E-state index in [1.807, 2.05) is 41.8 Å². The number of anilines is 1. The number of hydrogen-bond acceptors (Lipinski definition) is 5. The summed E-state index contributed by atoms with van der Waals surface area (Å²) in [4.78, 5) is 33.7. The Kier molecular flexibility index (Phi) is 5.69. The SMILES string of the molecule is COCCN1C(=O)c2ccccc2C(C(=O)Nc2ccccn2)C1c1cccs1. The summed E-state index contributed by atoms with van der Waals surface area (Å²) in [6.45, 7) is 0.796. The van der Waals surface area contributed by atoms with Crippen LogP contribution in [0, 0.1) is 0 Å². The average molecular weight is 407 g/mol. The van der Waals surface area contributed by atoms with Gasteiger partial charge in [0.05, 0.1) is 18.6 Å². The number of pyridine rings is 1. The van der Waals surface area contributed by atoms with Crippen LogP contribution in [0.5, 0.6) is 0 Å². The number of hydrogen-bond donors (Lipinski definition) is 1. The molecule has 4 rings (SSSR count). The van der Waals surface area contributed by atoms with E-state index >= 15 is 0 Å². The van der Waals surface area contributed by atoms with Crippen molar-refractivity contribution in [3.8, 4) is 0 Å². The van der Waals surface area contributed by atoms with Crippen molar-refractivity contribution in [2.75, 3.05) is 25.6 Å². The maximum absolute atomic E-state index is 13.4. The zero-order valence-corrected chi connectivity index (χ0v) is 16.8. The summed E-state index contributed by atoms with van der Waals surface area (Å²) in [5.41, 5.74) is 1.29. The molecule has 1 aromatic carbocycles. The number of ether oxygens (including phenoxy) is 1. The van der Waals surface area contributed by atoms with Crippen LogP contribution in [0.1, 0.15) is 32.8 Å². The molecule has 1 N–H and O–H groups in total. The predicted octanol–water partition coefficient (Wildman–Crippen LogP) is 3.71. The molecule has 2 atom stereocenters. The van der Waals surface area contributed by atoms with E-state index in [9.17, 15) is 9.59 Å². The zero-order valence-electron chi connectivity index (χ0n) is 15.9. The molecule has 0 spiro atoms. The summed E-state index contributed by atoms with van der Waals surface area (Å²) in [6, 6.07) is 16.2. The highest BCUT2D eigenvalue weighted by atomic mass is 32.1. The molecule has 6 nitrogen and oxygen atoms in total. The van der Waals surface area contributed by atoms with E-state index in [2.05, 4.69) is 10.3 Å². The summed E-state index contributed by atoms with van der Waals surface area (Å²) in [6.07, 6.45) is 1.63. The number of rotatable bonds is 6. The smallest absolute Gasteiger partial charge is 0.254 e. The Morgan fingerprint density at radius 2 is 2.00 bits per heavy atom. The monoisotopic (exact) mass is 407 g/mol. The van der Waals surface area contributed by atoms with E-state index in [0.29, 0.717) is 24.5 Å². The van der Waals surface area contributed by atoms with Gasteiger partial charge in [0.15, 0.2) is 0 Å². The van der Waals surface area contributed by atoms with Gasteiger partial charge in [0.1, 0.15) is 5.82 Å². The Labute approximate surface area is 173 Å². The third kappa shape index (κ3) is 3.79. The molecule has 1 aliphatic rings. The van der Waals surface area contributed by atoms with Crippen LogP contribution in [-0.2, 0) is 9.53 Å². The van der Waals surface area contributed by atoms with Gasteiger partial charge in [-0.2, -0.15) is 0 Å². The van der Waals surface area contributed by atoms with Gasteiger partial charge in [-0.1, -0.05) is 30.3 Å². The first-order chi connectivity index (χ1) is 14.2. The predicted molar refractivity (Wildman–Crippen MR) is 112 cm³/mol. The minimum absolute atomic E-state index is 0.0852.